The fourth-order valence-corrected chi connectivity index (χ4v) is 3.77. The van der Waals surface area contributed by atoms with E-state index in [0.29, 0.717) is 6.42 Å². The van der Waals surface area contributed by atoms with Crippen molar-refractivity contribution in [3.8, 4) is 11.5 Å². The predicted octanol–water partition coefficient (Wildman–Crippen LogP) is 3.06. The van der Waals surface area contributed by atoms with Gasteiger partial charge in [0.1, 0.15) is 5.54 Å². The van der Waals surface area contributed by atoms with Gasteiger partial charge in [-0.2, -0.15) is 0 Å². The van der Waals surface area contributed by atoms with E-state index in [2.05, 4.69) is 4.90 Å². The van der Waals surface area contributed by atoms with E-state index in [9.17, 15) is 4.79 Å². The molecule has 0 bridgehead atoms. The molecule has 2 aromatic rings. The molecular weight excluding hydrogens is 266 g/mol. The molecule has 0 aliphatic carbocycles. The monoisotopic (exact) mass is 279 g/mol. The van der Waals surface area contributed by atoms with Crippen molar-refractivity contribution in [2.45, 2.75) is 18.9 Å². The largest absolute Gasteiger partial charge is 0.454 e. The molecule has 0 aromatic heterocycles. The summed E-state index contributed by atoms with van der Waals surface area (Å²) < 4.78 is 10.9. The highest BCUT2D eigenvalue weighted by Crippen LogP contribution is 2.54. The summed E-state index contributed by atoms with van der Waals surface area (Å²) in [4.78, 5) is 15.0. The number of carbonyl (C=O) groups excluding carboxylic acids is 1. The first-order chi connectivity index (χ1) is 10.2. The second kappa shape index (κ2) is 3.39. The normalized spacial score (nSPS) is 24.0. The summed E-state index contributed by atoms with van der Waals surface area (Å²) in [5, 5.41) is 0. The smallest absolute Gasteiger partial charge is 0.231 e. The molecule has 4 heteroatoms. The third-order valence-electron chi connectivity index (χ3n) is 4.72. The summed E-state index contributed by atoms with van der Waals surface area (Å²) in [6, 6.07) is 11.8. The van der Waals surface area contributed by atoms with Crippen LogP contribution in [0.1, 0.15) is 22.8 Å². The van der Waals surface area contributed by atoms with Gasteiger partial charge >= 0.3 is 0 Å². The van der Waals surface area contributed by atoms with Gasteiger partial charge in [-0.1, -0.05) is 12.1 Å². The number of anilines is 2. The van der Waals surface area contributed by atoms with Gasteiger partial charge in [0.05, 0.1) is 5.69 Å². The van der Waals surface area contributed by atoms with Gasteiger partial charge in [0.2, 0.25) is 6.79 Å². The average Bonchev–Trinajstić information content (AvgIpc) is 3.10. The van der Waals surface area contributed by atoms with Crippen LogP contribution in [0.2, 0.25) is 0 Å². The second-order valence-electron chi connectivity index (χ2n) is 5.97. The van der Waals surface area contributed by atoms with Crippen LogP contribution >= 0.6 is 0 Å². The van der Waals surface area contributed by atoms with Crippen molar-refractivity contribution in [3.05, 3.63) is 47.5 Å². The van der Waals surface area contributed by atoms with E-state index in [-0.39, 0.29) is 12.6 Å². The molecule has 5 rings (SSSR count). The van der Waals surface area contributed by atoms with E-state index in [1.807, 2.05) is 43.3 Å². The van der Waals surface area contributed by atoms with Crippen LogP contribution in [0.15, 0.2) is 36.4 Å². The fraction of sp³-hybridized carbons (Fsp3) is 0.235. The average molecular weight is 279 g/mol. The molecule has 3 aliphatic rings. The topological polar surface area (TPSA) is 38.8 Å². The van der Waals surface area contributed by atoms with Crippen LogP contribution < -0.4 is 14.4 Å². The Labute approximate surface area is 121 Å². The molecule has 0 N–H and O–H groups in total. The lowest BCUT2D eigenvalue weighted by atomic mass is 9.91. The van der Waals surface area contributed by atoms with Crippen molar-refractivity contribution < 1.29 is 14.3 Å². The molecule has 4 nitrogen and oxygen atoms in total. The maximum absolute atomic E-state index is 12.8. The van der Waals surface area contributed by atoms with Crippen LogP contribution in [0.4, 0.5) is 11.4 Å². The zero-order valence-corrected chi connectivity index (χ0v) is 11.6. The molecule has 2 aromatic carbocycles. The minimum absolute atomic E-state index is 0.191. The summed E-state index contributed by atoms with van der Waals surface area (Å²) in [7, 11) is 0. The highest BCUT2D eigenvalue weighted by molar-refractivity contribution is 6.17. The number of para-hydroxylation sites is 1. The van der Waals surface area contributed by atoms with Gasteiger partial charge in [0.25, 0.3) is 0 Å². The fourth-order valence-electron chi connectivity index (χ4n) is 3.77. The number of Topliss-reactive ketones (excluding diaryl/α,β-unsaturated/α-hetero) is 1. The minimum Gasteiger partial charge on any atom is -0.454 e. The molecule has 0 saturated carbocycles. The Morgan fingerprint density at radius 2 is 1.86 bits per heavy atom. The lowest BCUT2D eigenvalue weighted by Crippen LogP contribution is -2.42. The lowest BCUT2D eigenvalue weighted by molar-refractivity contribution is 0.0923. The van der Waals surface area contributed by atoms with Gasteiger partial charge in [-0.05, 0) is 30.7 Å². The molecule has 0 amide bonds. The summed E-state index contributed by atoms with van der Waals surface area (Å²) >= 11 is 0. The number of ketones is 1. The Morgan fingerprint density at radius 1 is 1.10 bits per heavy atom. The predicted molar refractivity (Wildman–Crippen MR) is 77.6 cm³/mol. The molecule has 0 fully saturated rings. The molecule has 21 heavy (non-hydrogen) atoms. The summed E-state index contributed by atoms with van der Waals surface area (Å²) in [5.41, 5.74) is 3.47. The van der Waals surface area contributed by atoms with Gasteiger partial charge in [-0.25, -0.2) is 0 Å². The standard InChI is InChI=1S/C17H13NO3/c1-17-8-10-6-14-15(21-9-20-14)7-13(10)18(17)12-5-3-2-4-11(12)16(17)19/h2-7H,8-9H2,1H3. The van der Waals surface area contributed by atoms with E-state index in [0.717, 1.165) is 34.0 Å². The number of carbonyl (C=O) groups is 1. The van der Waals surface area contributed by atoms with Gasteiger partial charge < -0.3 is 14.4 Å². The lowest BCUT2D eigenvalue weighted by Gasteiger charge is -2.28. The molecule has 0 radical (unpaired) electrons. The zero-order valence-electron chi connectivity index (χ0n) is 11.6. The molecular formula is C17H13NO3. The first kappa shape index (κ1) is 11.2. The highest BCUT2D eigenvalue weighted by atomic mass is 16.7. The first-order valence-electron chi connectivity index (χ1n) is 7.05. The number of benzene rings is 2. The second-order valence-corrected chi connectivity index (χ2v) is 5.97. The third-order valence-corrected chi connectivity index (χ3v) is 4.72. The highest BCUT2D eigenvalue weighted by Gasteiger charge is 2.53. The van der Waals surface area contributed by atoms with E-state index < -0.39 is 5.54 Å². The Bertz CT molecular complexity index is 814. The van der Waals surface area contributed by atoms with Crippen molar-refractivity contribution in [2.24, 2.45) is 0 Å². The van der Waals surface area contributed by atoms with E-state index in [4.69, 9.17) is 9.47 Å². The van der Waals surface area contributed by atoms with E-state index in [1.54, 1.807) is 0 Å². The molecule has 1 unspecified atom stereocenters. The molecule has 0 saturated heterocycles. The summed E-state index contributed by atoms with van der Waals surface area (Å²) in [6.07, 6.45) is 0.701. The van der Waals surface area contributed by atoms with Crippen LogP contribution in [-0.2, 0) is 6.42 Å². The summed E-state index contributed by atoms with van der Waals surface area (Å²) in [5.74, 6) is 1.73. The van der Waals surface area contributed by atoms with Crippen molar-refractivity contribution in [1.29, 1.82) is 0 Å². The van der Waals surface area contributed by atoms with Gasteiger partial charge in [-0.15, -0.1) is 0 Å². The van der Waals surface area contributed by atoms with Crippen LogP contribution in [0.3, 0.4) is 0 Å². The SMILES string of the molecule is CC12Cc3cc4c(cc3N1c1ccccc1C2=O)OCO4. The number of rotatable bonds is 0. The van der Waals surface area contributed by atoms with E-state index >= 15 is 0 Å². The van der Waals surface area contributed by atoms with Crippen molar-refractivity contribution in [2.75, 3.05) is 11.7 Å². The van der Waals surface area contributed by atoms with Crippen LogP contribution in [0.5, 0.6) is 11.5 Å². The van der Waals surface area contributed by atoms with Gasteiger partial charge in [0, 0.05) is 23.7 Å². The maximum atomic E-state index is 12.8. The van der Waals surface area contributed by atoms with Crippen LogP contribution in [-0.4, -0.2) is 18.1 Å². The van der Waals surface area contributed by atoms with Gasteiger partial charge in [-0.3, -0.25) is 4.79 Å². The first-order valence-corrected chi connectivity index (χ1v) is 7.05. The van der Waals surface area contributed by atoms with Crippen molar-refractivity contribution >= 4 is 17.2 Å². The summed E-state index contributed by atoms with van der Waals surface area (Å²) in [6.45, 7) is 2.28. The quantitative estimate of drug-likeness (QED) is 0.743. The Balaban J connectivity index is 1.78. The number of hydrogen-bond acceptors (Lipinski definition) is 4. The zero-order chi connectivity index (χ0) is 14.2. The van der Waals surface area contributed by atoms with Crippen LogP contribution in [0, 0.1) is 0 Å². The molecule has 3 heterocycles. The Hall–Kier alpha value is -2.49. The van der Waals surface area contributed by atoms with Crippen molar-refractivity contribution in [3.63, 3.8) is 0 Å². The number of ether oxygens (including phenoxy) is 2. The molecule has 3 aliphatic heterocycles. The van der Waals surface area contributed by atoms with Crippen molar-refractivity contribution in [1.82, 2.24) is 0 Å². The molecule has 104 valence electrons. The molecule has 1 atom stereocenters. The van der Waals surface area contributed by atoms with Gasteiger partial charge in [0.15, 0.2) is 17.3 Å². The molecule has 0 spiro atoms. The Morgan fingerprint density at radius 3 is 2.71 bits per heavy atom. The Kier molecular flexibility index (Phi) is 1.81. The minimum atomic E-state index is -0.527. The number of nitrogens with zero attached hydrogens (tertiary/aromatic N) is 1. The van der Waals surface area contributed by atoms with Crippen LogP contribution in [0.25, 0.3) is 0 Å². The maximum Gasteiger partial charge on any atom is 0.231 e. The third kappa shape index (κ3) is 1.19. The van der Waals surface area contributed by atoms with E-state index in [1.165, 1.54) is 0 Å². The number of hydrogen-bond donors (Lipinski definition) is 0. The number of fused-ring (bicyclic) bond motifs is 6.